The lowest BCUT2D eigenvalue weighted by molar-refractivity contribution is -0.137. The van der Waals surface area contributed by atoms with E-state index in [1.54, 1.807) is 6.92 Å². The lowest BCUT2D eigenvalue weighted by Crippen LogP contribution is -2.25. The summed E-state index contributed by atoms with van der Waals surface area (Å²) in [5.74, 6) is -0.856. The van der Waals surface area contributed by atoms with Crippen LogP contribution < -0.4 is 5.32 Å². The molecule has 22 heavy (non-hydrogen) atoms. The maximum atomic E-state index is 11.1. The van der Waals surface area contributed by atoms with Crippen LogP contribution in [0, 0.1) is 0 Å². The molecule has 108 valence electrons. The maximum Gasteiger partial charge on any atom is 0.325 e. The van der Waals surface area contributed by atoms with Crippen molar-refractivity contribution in [1.29, 1.82) is 0 Å². The number of anilines is 1. The Bertz CT molecular complexity index is 990. The van der Waals surface area contributed by atoms with Gasteiger partial charge in [-0.1, -0.05) is 48.5 Å². The van der Waals surface area contributed by atoms with Gasteiger partial charge in [-0.15, -0.1) is 0 Å². The van der Waals surface area contributed by atoms with E-state index >= 15 is 0 Å². The summed E-state index contributed by atoms with van der Waals surface area (Å²) < 4.78 is 0. The van der Waals surface area contributed by atoms with Crippen LogP contribution in [0.15, 0.2) is 54.6 Å². The highest BCUT2D eigenvalue weighted by Gasteiger charge is 2.14. The van der Waals surface area contributed by atoms with Gasteiger partial charge in [-0.2, -0.15) is 0 Å². The first-order chi connectivity index (χ1) is 10.6. The quantitative estimate of drug-likeness (QED) is 0.547. The van der Waals surface area contributed by atoms with Gasteiger partial charge in [0.05, 0.1) is 0 Å². The maximum absolute atomic E-state index is 11.1. The average Bonchev–Trinajstić information content (AvgIpc) is 2.53. The Hall–Kier alpha value is -2.81. The molecule has 1 unspecified atom stereocenters. The predicted octanol–water partition coefficient (Wildman–Crippen LogP) is 4.47. The predicted molar refractivity (Wildman–Crippen MR) is 90.9 cm³/mol. The van der Waals surface area contributed by atoms with Crippen LogP contribution in [0.1, 0.15) is 6.92 Å². The van der Waals surface area contributed by atoms with E-state index in [4.69, 9.17) is 5.11 Å². The van der Waals surface area contributed by atoms with Crippen molar-refractivity contribution in [3.8, 4) is 0 Å². The topological polar surface area (TPSA) is 49.3 Å². The highest BCUT2D eigenvalue weighted by Crippen LogP contribution is 2.37. The van der Waals surface area contributed by atoms with Crippen molar-refractivity contribution >= 4 is 44.0 Å². The van der Waals surface area contributed by atoms with E-state index in [9.17, 15) is 4.79 Å². The summed E-state index contributed by atoms with van der Waals surface area (Å²) in [6, 6.07) is 18.1. The lowest BCUT2D eigenvalue weighted by atomic mass is 9.93. The second kappa shape index (κ2) is 4.60. The molecule has 4 rings (SSSR count). The first-order valence-electron chi connectivity index (χ1n) is 7.31. The van der Waals surface area contributed by atoms with Crippen LogP contribution in [0.2, 0.25) is 0 Å². The third kappa shape index (κ3) is 1.79. The standard InChI is InChI=1S/C19H15NO2/c1-11(19(21)22)20-16-10-8-14-6-5-12-3-2-4-13-7-9-15(16)18(14)17(12)13/h2-11,20H,1H3,(H,21,22). The number of carboxylic acid groups (broad SMARTS) is 1. The number of benzene rings is 4. The number of carboxylic acids is 1. The van der Waals surface area contributed by atoms with Gasteiger partial charge in [0.25, 0.3) is 0 Å². The molecule has 0 aromatic heterocycles. The van der Waals surface area contributed by atoms with Crippen LogP contribution in [0.5, 0.6) is 0 Å². The Morgan fingerprint density at radius 1 is 0.909 bits per heavy atom. The van der Waals surface area contributed by atoms with Crippen molar-refractivity contribution in [1.82, 2.24) is 0 Å². The van der Waals surface area contributed by atoms with Crippen LogP contribution in [-0.2, 0) is 4.79 Å². The van der Waals surface area contributed by atoms with Crippen molar-refractivity contribution < 1.29 is 9.90 Å². The number of hydrogen-bond donors (Lipinski definition) is 2. The fraction of sp³-hybridized carbons (Fsp3) is 0.105. The third-order valence-corrected chi connectivity index (χ3v) is 4.27. The summed E-state index contributed by atoms with van der Waals surface area (Å²) in [7, 11) is 0. The molecule has 0 spiro atoms. The molecule has 0 heterocycles. The molecule has 0 aliphatic rings. The minimum absolute atomic E-state index is 0.626. The van der Waals surface area contributed by atoms with Crippen LogP contribution in [-0.4, -0.2) is 17.1 Å². The van der Waals surface area contributed by atoms with Gasteiger partial charge < -0.3 is 10.4 Å². The molecule has 4 aromatic rings. The van der Waals surface area contributed by atoms with Gasteiger partial charge >= 0.3 is 5.97 Å². The van der Waals surface area contributed by atoms with Crippen LogP contribution >= 0.6 is 0 Å². The molecule has 4 aromatic carbocycles. The van der Waals surface area contributed by atoms with Gasteiger partial charge in [0, 0.05) is 11.1 Å². The van der Waals surface area contributed by atoms with Crippen molar-refractivity contribution in [3.05, 3.63) is 54.6 Å². The molecule has 0 radical (unpaired) electrons. The molecule has 3 nitrogen and oxygen atoms in total. The number of aliphatic carboxylic acids is 1. The van der Waals surface area contributed by atoms with Crippen LogP contribution in [0.4, 0.5) is 5.69 Å². The third-order valence-electron chi connectivity index (χ3n) is 4.27. The van der Waals surface area contributed by atoms with E-state index in [0.29, 0.717) is 0 Å². The molecule has 0 fully saturated rings. The van der Waals surface area contributed by atoms with Crippen molar-refractivity contribution in [3.63, 3.8) is 0 Å². The van der Waals surface area contributed by atoms with Crippen molar-refractivity contribution in [2.75, 3.05) is 5.32 Å². The molecule has 0 amide bonds. The minimum atomic E-state index is -0.856. The van der Waals surface area contributed by atoms with Crippen LogP contribution in [0.3, 0.4) is 0 Å². The molecular weight excluding hydrogens is 274 g/mol. The Labute approximate surface area is 127 Å². The Morgan fingerprint density at radius 2 is 1.50 bits per heavy atom. The summed E-state index contributed by atoms with van der Waals surface area (Å²) in [6.07, 6.45) is 0. The molecule has 0 aliphatic carbocycles. The van der Waals surface area contributed by atoms with Gasteiger partial charge in [0.1, 0.15) is 6.04 Å². The minimum Gasteiger partial charge on any atom is -0.480 e. The summed E-state index contributed by atoms with van der Waals surface area (Å²) in [5.41, 5.74) is 0.862. The van der Waals surface area contributed by atoms with E-state index in [0.717, 1.165) is 11.1 Å². The molecule has 1 atom stereocenters. The molecule has 3 heteroatoms. The Morgan fingerprint density at radius 3 is 2.18 bits per heavy atom. The van der Waals surface area contributed by atoms with E-state index in [1.165, 1.54) is 26.9 Å². The number of rotatable bonds is 3. The number of carbonyl (C=O) groups is 1. The molecule has 0 saturated heterocycles. The molecule has 2 N–H and O–H groups in total. The highest BCUT2D eigenvalue weighted by atomic mass is 16.4. The lowest BCUT2D eigenvalue weighted by Gasteiger charge is -2.16. The second-order valence-corrected chi connectivity index (χ2v) is 5.67. The van der Waals surface area contributed by atoms with Crippen molar-refractivity contribution in [2.24, 2.45) is 0 Å². The summed E-state index contributed by atoms with van der Waals surface area (Å²) in [6.45, 7) is 1.65. The molecule has 0 bridgehead atoms. The van der Waals surface area contributed by atoms with Gasteiger partial charge in [-0.25, -0.2) is 0 Å². The average molecular weight is 289 g/mol. The zero-order valence-electron chi connectivity index (χ0n) is 12.1. The Balaban J connectivity index is 2.06. The largest absolute Gasteiger partial charge is 0.480 e. The van der Waals surface area contributed by atoms with E-state index in [1.807, 2.05) is 12.1 Å². The second-order valence-electron chi connectivity index (χ2n) is 5.67. The smallest absolute Gasteiger partial charge is 0.325 e. The first kappa shape index (κ1) is 12.9. The van der Waals surface area contributed by atoms with E-state index in [-0.39, 0.29) is 0 Å². The Kier molecular flexibility index (Phi) is 2.70. The monoisotopic (exact) mass is 289 g/mol. The normalized spacial score (nSPS) is 13.0. The molecule has 0 saturated carbocycles. The van der Waals surface area contributed by atoms with Gasteiger partial charge in [-0.05, 0) is 39.9 Å². The zero-order valence-corrected chi connectivity index (χ0v) is 12.1. The number of nitrogens with one attached hydrogen (secondary N) is 1. The fourth-order valence-corrected chi connectivity index (χ4v) is 3.16. The van der Waals surface area contributed by atoms with E-state index < -0.39 is 12.0 Å². The summed E-state index contributed by atoms with van der Waals surface area (Å²) in [4.78, 5) is 11.1. The molecule has 0 aliphatic heterocycles. The highest BCUT2D eigenvalue weighted by molar-refractivity contribution is 6.25. The first-order valence-corrected chi connectivity index (χ1v) is 7.31. The zero-order chi connectivity index (χ0) is 15.3. The van der Waals surface area contributed by atoms with Crippen molar-refractivity contribution in [2.45, 2.75) is 13.0 Å². The van der Waals surface area contributed by atoms with Gasteiger partial charge in [-0.3, -0.25) is 4.79 Å². The summed E-state index contributed by atoms with van der Waals surface area (Å²) >= 11 is 0. The van der Waals surface area contributed by atoms with E-state index in [2.05, 4.69) is 47.8 Å². The SMILES string of the molecule is CC(Nc1ccc2ccc3cccc4ccc1c2c34)C(=O)O. The van der Waals surface area contributed by atoms with Crippen LogP contribution in [0.25, 0.3) is 32.3 Å². The van der Waals surface area contributed by atoms with Gasteiger partial charge in [0.15, 0.2) is 0 Å². The summed E-state index contributed by atoms with van der Waals surface area (Å²) in [5, 5.41) is 19.3. The van der Waals surface area contributed by atoms with Gasteiger partial charge in [0.2, 0.25) is 0 Å². The number of hydrogen-bond acceptors (Lipinski definition) is 2. The molecular formula is C19H15NO2. The fourth-order valence-electron chi connectivity index (χ4n) is 3.16.